The fourth-order valence-corrected chi connectivity index (χ4v) is 3.71. The maximum Gasteiger partial charge on any atom is 0.203 e. The Hall–Kier alpha value is -3.11. The van der Waals surface area contributed by atoms with E-state index in [4.69, 9.17) is 28.9 Å². The van der Waals surface area contributed by atoms with Crippen LogP contribution < -0.4 is 23.7 Å². The molecule has 0 spiro atoms. The SMILES string of the molecule is CCC(CCCN(C)CCCOc1cccc(OC)c1)Oc1cc(CC#N)cc(OC)c1OC. The molecule has 7 heteroatoms. The van der Waals surface area contributed by atoms with Gasteiger partial charge in [0.2, 0.25) is 5.75 Å². The monoisotopic (exact) mass is 470 g/mol. The Balaban J connectivity index is 1.78. The second-order valence-electron chi connectivity index (χ2n) is 8.14. The minimum absolute atomic E-state index is 0.0562. The molecular formula is C27H38N2O5. The molecule has 34 heavy (non-hydrogen) atoms. The van der Waals surface area contributed by atoms with Crippen molar-refractivity contribution < 1.29 is 23.7 Å². The highest BCUT2D eigenvalue weighted by Crippen LogP contribution is 2.39. The van der Waals surface area contributed by atoms with E-state index in [2.05, 4.69) is 24.9 Å². The quantitative estimate of drug-likeness (QED) is 0.315. The lowest BCUT2D eigenvalue weighted by atomic mass is 10.1. The van der Waals surface area contributed by atoms with Crippen molar-refractivity contribution in [2.75, 3.05) is 48.1 Å². The largest absolute Gasteiger partial charge is 0.497 e. The number of methoxy groups -OCH3 is 3. The average molecular weight is 471 g/mol. The van der Waals surface area contributed by atoms with Crippen molar-refractivity contribution in [3.05, 3.63) is 42.0 Å². The van der Waals surface area contributed by atoms with Crippen LogP contribution in [-0.2, 0) is 6.42 Å². The molecule has 1 atom stereocenters. The van der Waals surface area contributed by atoms with Gasteiger partial charge in [0.15, 0.2) is 11.5 Å². The van der Waals surface area contributed by atoms with Crippen molar-refractivity contribution in [3.63, 3.8) is 0 Å². The van der Waals surface area contributed by atoms with Crippen molar-refractivity contribution in [3.8, 4) is 34.8 Å². The van der Waals surface area contributed by atoms with Crippen LogP contribution in [0, 0.1) is 11.3 Å². The van der Waals surface area contributed by atoms with Crippen LogP contribution in [0.4, 0.5) is 0 Å². The first kappa shape index (κ1) is 27.1. The zero-order valence-electron chi connectivity index (χ0n) is 21.1. The van der Waals surface area contributed by atoms with E-state index in [0.717, 1.165) is 55.8 Å². The number of nitriles is 1. The normalized spacial score (nSPS) is 11.6. The Bertz CT molecular complexity index is 912. The fourth-order valence-electron chi connectivity index (χ4n) is 3.71. The molecule has 2 rings (SSSR count). The molecule has 0 N–H and O–H groups in total. The lowest BCUT2D eigenvalue weighted by Crippen LogP contribution is -2.24. The van der Waals surface area contributed by atoms with E-state index in [1.165, 1.54) is 0 Å². The number of rotatable bonds is 16. The molecule has 186 valence electrons. The lowest BCUT2D eigenvalue weighted by Gasteiger charge is -2.22. The zero-order valence-corrected chi connectivity index (χ0v) is 21.1. The van der Waals surface area contributed by atoms with Gasteiger partial charge in [0.1, 0.15) is 11.5 Å². The Morgan fingerprint density at radius 1 is 0.941 bits per heavy atom. The van der Waals surface area contributed by atoms with E-state index in [0.29, 0.717) is 30.3 Å². The molecule has 2 aromatic carbocycles. The van der Waals surface area contributed by atoms with E-state index < -0.39 is 0 Å². The van der Waals surface area contributed by atoms with Gasteiger partial charge < -0.3 is 28.6 Å². The molecule has 2 aromatic rings. The van der Waals surface area contributed by atoms with Gasteiger partial charge in [-0.25, -0.2) is 0 Å². The summed E-state index contributed by atoms with van der Waals surface area (Å²) >= 11 is 0. The fraction of sp³-hybridized carbons (Fsp3) is 0.519. The van der Waals surface area contributed by atoms with E-state index in [1.807, 2.05) is 36.4 Å². The summed E-state index contributed by atoms with van der Waals surface area (Å²) < 4.78 is 28.3. The summed E-state index contributed by atoms with van der Waals surface area (Å²) in [5.74, 6) is 3.40. The molecular weight excluding hydrogens is 432 g/mol. The zero-order chi connectivity index (χ0) is 24.8. The second-order valence-corrected chi connectivity index (χ2v) is 8.14. The molecule has 0 bridgehead atoms. The summed E-state index contributed by atoms with van der Waals surface area (Å²) in [6.45, 7) is 4.72. The standard InChI is InChI=1S/C27H38N2O5/c1-6-22(34-26-19-21(13-14-28)18-25(31-4)27(26)32-5)12-8-15-29(2)16-9-17-33-24-11-7-10-23(20-24)30-3/h7,10-11,18-20,22H,6,8-9,12-13,15-17H2,1-5H3. The molecule has 0 saturated heterocycles. The third-order valence-corrected chi connectivity index (χ3v) is 5.60. The molecule has 0 amide bonds. The van der Waals surface area contributed by atoms with Gasteiger partial charge in [-0.3, -0.25) is 0 Å². The molecule has 7 nitrogen and oxygen atoms in total. The number of hydrogen-bond acceptors (Lipinski definition) is 7. The van der Waals surface area contributed by atoms with Gasteiger partial charge in [-0.1, -0.05) is 13.0 Å². The predicted octanol–water partition coefficient (Wildman–Crippen LogP) is 5.12. The summed E-state index contributed by atoms with van der Waals surface area (Å²) in [5.41, 5.74) is 0.848. The highest BCUT2D eigenvalue weighted by Gasteiger charge is 2.17. The van der Waals surface area contributed by atoms with E-state index in [1.54, 1.807) is 21.3 Å². The minimum Gasteiger partial charge on any atom is -0.497 e. The van der Waals surface area contributed by atoms with Gasteiger partial charge in [0, 0.05) is 12.6 Å². The highest BCUT2D eigenvalue weighted by molar-refractivity contribution is 5.54. The molecule has 0 aliphatic carbocycles. The van der Waals surface area contributed by atoms with Crippen molar-refractivity contribution >= 4 is 0 Å². The number of hydrogen-bond donors (Lipinski definition) is 0. The third kappa shape index (κ3) is 8.68. The number of ether oxygens (including phenoxy) is 5. The Kier molecular flexibility index (Phi) is 11.9. The van der Waals surface area contributed by atoms with Crippen LogP contribution in [0.25, 0.3) is 0 Å². The molecule has 0 radical (unpaired) electrons. The van der Waals surface area contributed by atoms with E-state index >= 15 is 0 Å². The summed E-state index contributed by atoms with van der Waals surface area (Å²) in [6, 6.07) is 13.6. The van der Waals surface area contributed by atoms with Gasteiger partial charge in [-0.05, 0) is 69.1 Å². The maximum absolute atomic E-state index is 9.07. The van der Waals surface area contributed by atoms with Crippen molar-refractivity contribution in [1.29, 1.82) is 5.26 Å². The van der Waals surface area contributed by atoms with Crippen LogP contribution in [0.15, 0.2) is 36.4 Å². The minimum atomic E-state index is 0.0562. The Morgan fingerprint density at radius 2 is 1.68 bits per heavy atom. The molecule has 0 aromatic heterocycles. The molecule has 0 fully saturated rings. The maximum atomic E-state index is 9.07. The van der Waals surface area contributed by atoms with Gasteiger partial charge in [-0.15, -0.1) is 0 Å². The van der Waals surface area contributed by atoms with Crippen molar-refractivity contribution in [1.82, 2.24) is 4.90 Å². The third-order valence-electron chi connectivity index (χ3n) is 5.60. The van der Waals surface area contributed by atoms with Gasteiger partial charge >= 0.3 is 0 Å². The lowest BCUT2D eigenvalue weighted by molar-refractivity contribution is 0.167. The van der Waals surface area contributed by atoms with Crippen LogP contribution in [-0.4, -0.2) is 59.1 Å². The molecule has 0 heterocycles. The average Bonchev–Trinajstić information content (AvgIpc) is 2.86. The van der Waals surface area contributed by atoms with E-state index in [-0.39, 0.29) is 6.10 Å². The van der Waals surface area contributed by atoms with Crippen LogP contribution in [0.5, 0.6) is 28.7 Å². The second kappa shape index (κ2) is 14.9. The molecule has 0 saturated carbocycles. The summed E-state index contributed by atoms with van der Waals surface area (Å²) in [4.78, 5) is 2.32. The number of benzene rings is 2. The van der Waals surface area contributed by atoms with Crippen molar-refractivity contribution in [2.24, 2.45) is 0 Å². The predicted molar refractivity (Wildman–Crippen MR) is 133 cm³/mol. The first-order valence-corrected chi connectivity index (χ1v) is 11.8. The summed E-state index contributed by atoms with van der Waals surface area (Å²) in [7, 11) is 6.98. The first-order valence-electron chi connectivity index (χ1n) is 11.8. The van der Waals surface area contributed by atoms with Gasteiger partial charge in [0.05, 0.1) is 46.5 Å². The van der Waals surface area contributed by atoms with Crippen LogP contribution in [0.2, 0.25) is 0 Å². The highest BCUT2D eigenvalue weighted by atomic mass is 16.5. The van der Waals surface area contributed by atoms with Gasteiger partial charge in [0.25, 0.3) is 0 Å². The topological polar surface area (TPSA) is 73.2 Å². The number of nitrogens with zero attached hydrogens (tertiary/aromatic N) is 2. The van der Waals surface area contributed by atoms with Crippen molar-refractivity contribution in [2.45, 2.75) is 45.1 Å². The summed E-state index contributed by atoms with van der Waals surface area (Å²) in [6.07, 6.45) is 4.12. The van der Waals surface area contributed by atoms with Crippen LogP contribution >= 0.6 is 0 Å². The summed E-state index contributed by atoms with van der Waals surface area (Å²) in [5, 5.41) is 9.07. The molecule has 0 aliphatic heterocycles. The molecule has 1 unspecified atom stereocenters. The Labute approximate surface area is 204 Å². The molecule has 0 aliphatic rings. The van der Waals surface area contributed by atoms with Crippen LogP contribution in [0.1, 0.15) is 38.2 Å². The van der Waals surface area contributed by atoms with Crippen LogP contribution in [0.3, 0.4) is 0 Å². The van der Waals surface area contributed by atoms with E-state index in [9.17, 15) is 0 Å². The smallest absolute Gasteiger partial charge is 0.203 e. The Morgan fingerprint density at radius 3 is 2.35 bits per heavy atom. The van der Waals surface area contributed by atoms with Gasteiger partial charge in [-0.2, -0.15) is 5.26 Å². The first-order chi connectivity index (χ1) is 16.5.